The molecule has 1 saturated heterocycles. The van der Waals surface area contributed by atoms with Crippen molar-refractivity contribution >= 4 is 17.5 Å². The van der Waals surface area contributed by atoms with Gasteiger partial charge in [-0.2, -0.15) is 0 Å². The van der Waals surface area contributed by atoms with Gasteiger partial charge in [-0.25, -0.2) is 4.39 Å². The molecule has 0 aromatic heterocycles. The van der Waals surface area contributed by atoms with Crippen LogP contribution in [0.4, 0.5) is 10.1 Å². The number of amides is 2. The highest BCUT2D eigenvalue weighted by atomic mass is 19.1. The van der Waals surface area contributed by atoms with Crippen molar-refractivity contribution in [2.75, 3.05) is 32.1 Å². The number of likely N-dealkylation sites (tertiary alicyclic amines) is 1. The summed E-state index contributed by atoms with van der Waals surface area (Å²) < 4.78 is 18.0. The minimum atomic E-state index is -0.376. The Hall–Kier alpha value is -1.95. The van der Waals surface area contributed by atoms with E-state index in [-0.39, 0.29) is 30.0 Å². The monoisotopic (exact) mass is 294 g/mol. The number of benzene rings is 1. The highest BCUT2D eigenvalue weighted by Gasteiger charge is 2.34. The van der Waals surface area contributed by atoms with E-state index in [1.165, 1.54) is 18.2 Å². The summed E-state index contributed by atoms with van der Waals surface area (Å²) in [6.07, 6.45) is 0.204. The van der Waals surface area contributed by atoms with E-state index in [4.69, 9.17) is 4.74 Å². The Balaban J connectivity index is 1.96. The Kier molecular flexibility index (Phi) is 4.90. The Labute approximate surface area is 123 Å². The van der Waals surface area contributed by atoms with Crippen molar-refractivity contribution in [1.29, 1.82) is 0 Å². The van der Waals surface area contributed by atoms with Crippen LogP contribution in [0.15, 0.2) is 18.2 Å². The number of rotatable bonds is 5. The van der Waals surface area contributed by atoms with E-state index in [9.17, 15) is 14.0 Å². The molecule has 1 unspecified atom stereocenters. The molecule has 0 bridgehead atoms. The number of ether oxygens (including phenoxy) is 1. The zero-order valence-corrected chi connectivity index (χ0v) is 12.2. The van der Waals surface area contributed by atoms with Crippen molar-refractivity contribution in [2.45, 2.75) is 13.3 Å². The number of hydrogen-bond donors (Lipinski definition) is 1. The minimum Gasteiger partial charge on any atom is -0.383 e. The number of nitrogens with one attached hydrogen (secondary N) is 1. The van der Waals surface area contributed by atoms with Gasteiger partial charge in [0.25, 0.3) is 0 Å². The maximum atomic E-state index is 13.0. The van der Waals surface area contributed by atoms with Crippen LogP contribution < -0.4 is 5.32 Å². The molecule has 2 amide bonds. The summed E-state index contributed by atoms with van der Waals surface area (Å²) in [5, 5.41) is 2.76. The van der Waals surface area contributed by atoms with Crippen LogP contribution >= 0.6 is 0 Å². The van der Waals surface area contributed by atoms with Gasteiger partial charge in [0.1, 0.15) is 5.82 Å². The Morgan fingerprint density at radius 2 is 2.29 bits per heavy atom. The third-order valence-corrected chi connectivity index (χ3v) is 3.60. The number of hydrogen-bond acceptors (Lipinski definition) is 3. The van der Waals surface area contributed by atoms with E-state index < -0.39 is 0 Å². The molecule has 2 rings (SSSR count). The second-order valence-corrected chi connectivity index (χ2v) is 5.18. The second-order valence-electron chi connectivity index (χ2n) is 5.18. The SMILES string of the molecule is COCCN1CC(C(=O)Nc2ccc(F)cc2C)CC1=O. The molecule has 114 valence electrons. The summed E-state index contributed by atoms with van der Waals surface area (Å²) in [6.45, 7) is 3.07. The standard InChI is InChI=1S/C15H19FN2O3/c1-10-7-12(16)3-4-13(10)17-15(20)11-8-14(19)18(9-11)5-6-21-2/h3-4,7,11H,5-6,8-9H2,1-2H3,(H,17,20). The summed E-state index contributed by atoms with van der Waals surface area (Å²) in [5.41, 5.74) is 1.23. The predicted octanol–water partition coefficient (Wildman–Crippen LogP) is 1.57. The van der Waals surface area contributed by atoms with E-state index in [1.54, 1.807) is 18.9 Å². The summed E-state index contributed by atoms with van der Waals surface area (Å²) in [6, 6.07) is 4.19. The van der Waals surface area contributed by atoms with Crippen LogP contribution in [-0.4, -0.2) is 43.5 Å². The minimum absolute atomic E-state index is 0.0389. The van der Waals surface area contributed by atoms with Gasteiger partial charge in [-0.05, 0) is 30.7 Å². The molecule has 1 heterocycles. The average molecular weight is 294 g/mol. The number of anilines is 1. The number of aryl methyl sites for hydroxylation is 1. The molecule has 1 aliphatic rings. The highest BCUT2D eigenvalue weighted by Crippen LogP contribution is 2.21. The van der Waals surface area contributed by atoms with E-state index in [1.807, 2.05) is 0 Å². The van der Waals surface area contributed by atoms with Crippen molar-refractivity contribution in [3.63, 3.8) is 0 Å². The topological polar surface area (TPSA) is 58.6 Å². The first kappa shape index (κ1) is 15.4. The average Bonchev–Trinajstić information content (AvgIpc) is 2.81. The summed E-state index contributed by atoms with van der Waals surface area (Å²) in [7, 11) is 1.57. The van der Waals surface area contributed by atoms with Crippen LogP contribution in [0, 0.1) is 18.7 Å². The molecule has 1 aliphatic heterocycles. The van der Waals surface area contributed by atoms with Gasteiger partial charge >= 0.3 is 0 Å². The smallest absolute Gasteiger partial charge is 0.229 e. The van der Waals surface area contributed by atoms with Crippen LogP contribution in [0.1, 0.15) is 12.0 Å². The van der Waals surface area contributed by atoms with E-state index >= 15 is 0 Å². The number of halogens is 1. The first-order valence-electron chi connectivity index (χ1n) is 6.85. The van der Waals surface area contributed by atoms with Gasteiger partial charge in [0.2, 0.25) is 11.8 Å². The molecule has 6 heteroatoms. The zero-order chi connectivity index (χ0) is 15.4. The lowest BCUT2D eigenvalue weighted by Crippen LogP contribution is -2.30. The fraction of sp³-hybridized carbons (Fsp3) is 0.467. The summed E-state index contributed by atoms with van der Waals surface area (Å²) >= 11 is 0. The first-order valence-corrected chi connectivity index (χ1v) is 6.85. The van der Waals surface area contributed by atoms with Crippen LogP contribution in [-0.2, 0) is 14.3 Å². The van der Waals surface area contributed by atoms with Crippen molar-refractivity contribution in [2.24, 2.45) is 5.92 Å². The number of nitrogens with zero attached hydrogens (tertiary/aromatic N) is 1. The second kappa shape index (κ2) is 6.67. The first-order chi connectivity index (χ1) is 10.0. The van der Waals surface area contributed by atoms with Gasteiger partial charge < -0.3 is 15.0 Å². The van der Waals surface area contributed by atoms with Crippen LogP contribution in [0.5, 0.6) is 0 Å². The maximum absolute atomic E-state index is 13.0. The van der Waals surface area contributed by atoms with E-state index in [2.05, 4.69) is 5.32 Å². The van der Waals surface area contributed by atoms with Gasteiger partial charge in [0, 0.05) is 32.3 Å². The molecule has 0 aliphatic carbocycles. The molecule has 1 aromatic carbocycles. The lowest BCUT2D eigenvalue weighted by atomic mass is 10.1. The quantitative estimate of drug-likeness (QED) is 0.896. The summed E-state index contributed by atoms with van der Waals surface area (Å²) in [5.74, 6) is -0.966. The van der Waals surface area contributed by atoms with Crippen molar-refractivity contribution < 1.29 is 18.7 Å². The van der Waals surface area contributed by atoms with Gasteiger partial charge in [0.05, 0.1) is 12.5 Å². The normalized spacial score (nSPS) is 18.1. The predicted molar refractivity (Wildman–Crippen MR) is 76.3 cm³/mol. The molecule has 1 N–H and O–H groups in total. The third kappa shape index (κ3) is 3.78. The maximum Gasteiger partial charge on any atom is 0.229 e. The number of carbonyl (C=O) groups excluding carboxylic acids is 2. The highest BCUT2D eigenvalue weighted by molar-refractivity contribution is 5.97. The zero-order valence-electron chi connectivity index (χ0n) is 12.2. The van der Waals surface area contributed by atoms with Gasteiger partial charge in [0.15, 0.2) is 0 Å². The molecular weight excluding hydrogens is 275 g/mol. The van der Waals surface area contributed by atoms with Crippen LogP contribution in [0.25, 0.3) is 0 Å². The third-order valence-electron chi connectivity index (χ3n) is 3.60. The van der Waals surface area contributed by atoms with Gasteiger partial charge in [-0.1, -0.05) is 0 Å². The Morgan fingerprint density at radius 3 is 2.95 bits per heavy atom. The van der Waals surface area contributed by atoms with Crippen molar-refractivity contribution in [1.82, 2.24) is 4.90 Å². The molecule has 1 fully saturated rings. The van der Waals surface area contributed by atoms with E-state index in [0.717, 1.165) is 0 Å². The summed E-state index contributed by atoms with van der Waals surface area (Å²) in [4.78, 5) is 25.6. The van der Waals surface area contributed by atoms with Crippen molar-refractivity contribution in [3.05, 3.63) is 29.6 Å². The molecule has 1 aromatic rings. The molecule has 5 nitrogen and oxygen atoms in total. The van der Waals surface area contributed by atoms with Crippen LogP contribution in [0.2, 0.25) is 0 Å². The lowest BCUT2D eigenvalue weighted by molar-refractivity contribution is -0.128. The number of carbonyl (C=O) groups is 2. The fourth-order valence-electron chi connectivity index (χ4n) is 2.37. The molecule has 21 heavy (non-hydrogen) atoms. The molecule has 0 spiro atoms. The molecule has 0 saturated carbocycles. The number of methoxy groups -OCH3 is 1. The van der Waals surface area contributed by atoms with Gasteiger partial charge in [-0.3, -0.25) is 9.59 Å². The van der Waals surface area contributed by atoms with E-state index in [0.29, 0.717) is 30.9 Å². The molecule has 1 atom stereocenters. The van der Waals surface area contributed by atoms with Gasteiger partial charge in [-0.15, -0.1) is 0 Å². The molecular formula is C15H19FN2O3. The Morgan fingerprint density at radius 1 is 1.52 bits per heavy atom. The molecule has 0 radical (unpaired) electrons. The fourth-order valence-corrected chi connectivity index (χ4v) is 2.37. The van der Waals surface area contributed by atoms with Crippen molar-refractivity contribution in [3.8, 4) is 0 Å². The lowest BCUT2D eigenvalue weighted by Gasteiger charge is -2.16. The van der Waals surface area contributed by atoms with Crippen LogP contribution in [0.3, 0.4) is 0 Å². The largest absolute Gasteiger partial charge is 0.383 e. The Bertz CT molecular complexity index is 548.